The second kappa shape index (κ2) is 38.1. The van der Waals surface area contributed by atoms with Crippen LogP contribution in [0.15, 0.2) is 512 Å². The summed E-state index contributed by atoms with van der Waals surface area (Å²) in [5.74, 6) is 0. The first-order valence-corrected chi connectivity index (χ1v) is 48.1. The monoisotopic (exact) mass is 1840 g/mol. The second-order valence-corrected chi connectivity index (χ2v) is 35.8. The van der Waals surface area contributed by atoms with E-state index in [0.717, 1.165) is 216 Å². The maximum absolute atomic E-state index is 5.34. The molecule has 0 fully saturated rings. The van der Waals surface area contributed by atoms with Crippen LogP contribution >= 0.6 is 0 Å². The Bertz CT molecular complexity index is 9380. The van der Waals surface area contributed by atoms with Crippen LogP contribution in [-0.4, -0.2) is 59.8 Å². The molecule has 0 spiro atoms. The van der Waals surface area contributed by atoms with Crippen LogP contribution in [0.25, 0.3) is 265 Å². The van der Waals surface area contributed by atoms with Crippen LogP contribution in [0.4, 0.5) is 0 Å². The highest BCUT2D eigenvalue weighted by molar-refractivity contribution is 6.19. The van der Waals surface area contributed by atoms with Crippen molar-refractivity contribution in [3.05, 3.63) is 512 Å². The van der Waals surface area contributed by atoms with E-state index in [9.17, 15) is 0 Å². The molecule has 0 aliphatic rings. The van der Waals surface area contributed by atoms with Crippen molar-refractivity contribution in [3.8, 4) is 167 Å². The summed E-state index contributed by atoms with van der Waals surface area (Å²) in [7, 11) is 0. The predicted molar refractivity (Wildman–Crippen MR) is 592 cm³/mol. The van der Waals surface area contributed by atoms with E-state index in [1.54, 1.807) is 0 Å². The average Bonchev–Trinajstić information content (AvgIpc) is 0.737. The zero-order valence-corrected chi connectivity index (χ0v) is 77.9. The summed E-state index contributed by atoms with van der Waals surface area (Å²) in [6.45, 7) is 0. The van der Waals surface area contributed by atoms with E-state index in [2.05, 4.69) is 387 Å². The van der Waals surface area contributed by atoms with Gasteiger partial charge < -0.3 is 0 Å². The lowest BCUT2D eigenvalue weighted by molar-refractivity contribution is 1.32. The molecule has 0 saturated carbocycles. The molecule has 144 heavy (non-hydrogen) atoms. The maximum Gasteiger partial charge on any atom is 0.0978 e. The van der Waals surface area contributed by atoms with Gasteiger partial charge in [-0.15, -0.1) is 0 Å². The topological polar surface area (TPSA) is 155 Å². The predicted octanol–water partition coefficient (Wildman–Crippen LogP) is 33.2. The number of rotatable bonds is 15. The molecule has 0 saturated heterocycles. The van der Waals surface area contributed by atoms with Crippen molar-refractivity contribution in [2.75, 3.05) is 0 Å². The van der Waals surface area contributed by atoms with E-state index in [-0.39, 0.29) is 0 Å². The maximum atomic E-state index is 5.34. The van der Waals surface area contributed by atoms with Gasteiger partial charge in [0.2, 0.25) is 0 Å². The normalized spacial score (nSPS) is 11.3. The van der Waals surface area contributed by atoms with E-state index in [1.807, 2.05) is 160 Å². The Labute approximate surface area is 830 Å². The number of nitrogens with zero attached hydrogens (tertiary/aromatic N) is 12. The van der Waals surface area contributed by atoms with Crippen LogP contribution in [0.3, 0.4) is 0 Å². The lowest BCUT2D eigenvalue weighted by Crippen LogP contribution is -1.94. The molecule has 0 aliphatic heterocycles. The fourth-order valence-corrected chi connectivity index (χ4v) is 20.5. The van der Waals surface area contributed by atoms with Gasteiger partial charge in [-0.2, -0.15) is 0 Å². The summed E-state index contributed by atoms with van der Waals surface area (Å²) < 4.78 is 0. The first-order valence-electron chi connectivity index (χ1n) is 48.1. The zero-order valence-electron chi connectivity index (χ0n) is 77.9. The summed E-state index contributed by atoms with van der Waals surface area (Å²) in [6.07, 6.45) is 29.9. The molecule has 12 nitrogen and oxygen atoms in total. The standard InChI is InChI=1S/C50H32N4.C44H28N4.C38H24N4/c1-3-11-33(12-4-1)41-23-26-53-49-45(41)21-22-46-47(30-48(54-50(46)49)34-13-5-2-6-14-34)44-20-19-40(42-17-7-8-18-43(42)44)39-28-37(35-15-9-24-51-31-35)27-38(29-39)36-16-10-25-52-32-36;1-2-9-29(10-3-1)42-26-41(40-17-16-30-11-8-22-47-43(30)44(40)48-42)39-19-18-36(37-14-4-5-15-38(37)39)35-24-33(31-12-6-20-45-27-31)23-34(25-35)32-13-7-21-46-28-32;1-2-10-33-32(9-1)31(13-14-34(33)35-15-19-42-38-36(35)12-11-25-6-5-18-41-37(25)38)30-21-28(26-7-3-16-39-23-26)20-29(22-30)27-8-4-17-40-24-27/h1-32H;1-28H;1-24H. The molecule has 0 bridgehead atoms. The number of benzene rings is 15. The first-order chi connectivity index (χ1) is 71.4. The van der Waals surface area contributed by atoms with Gasteiger partial charge in [-0.05, 0) is 271 Å². The van der Waals surface area contributed by atoms with Crippen LogP contribution in [0, 0.1) is 0 Å². The first kappa shape index (κ1) is 86.1. The molecule has 0 unspecified atom stereocenters. The molecule has 12 heteroatoms. The van der Waals surface area contributed by atoms with Crippen LogP contribution in [-0.2, 0) is 0 Å². The summed E-state index contributed by atoms with van der Waals surface area (Å²) >= 11 is 0. The molecule has 12 aromatic heterocycles. The molecule has 27 rings (SSSR count). The Hall–Kier alpha value is -19.6. The minimum atomic E-state index is 0.889. The minimum absolute atomic E-state index is 0.889. The molecule has 0 atom stereocenters. The van der Waals surface area contributed by atoms with Crippen molar-refractivity contribution in [2.45, 2.75) is 0 Å². The lowest BCUT2D eigenvalue weighted by Gasteiger charge is -2.17. The Morgan fingerprint density at radius 2 is 0.354 bits per heavy atom. The Morgan fingerprint density at radius 1 is 0.118 bits per heavy atom. The van der Waals surface area contributed by atoms with Crippen molar-refractivity contribution in [1.29, 1.82) is 0 Å². The van der Waals surface area contributed by atoms with E-state index >= 15 is 0 Å². The van der Waals surface area contributed by atoms with Crippen molar-refractivity contribution >= 4 is 97.7 Å². The van der Waals surface area contributed by atoms with Gasteiger partial charge in [0.15, 0.2) is 0 Å². The SMILES string of the molecule is c1ccc(-c2cc(-c3ccc(-c4cc(-c5cccnc5)cc(-c5cccnc5)c4)c4ccccc34)c3ccc4c(-c5ccccc5)ccnc4c3n2)cc1.c1ccc(-c2cc(-c3ccc(-c4cc(-c5cccnc5)cc(-c5cccnc5)c4)c4ccccc34)c3ccc4cccnc4c3n2)cc1.c1cncc(-c2cc(-c3cccnc3)cc(-c3ccc(-c4ccnc5c4ccc4cccnc45)c4ccccc34)c2)c1. The van der Waals surface area contributed by atoms with E-state index < -0.39 is 0 Å². The number of hydrogen-bond acceptors (Lipinski definition) is 12. The molecule has 0 radical (unpaired) electrons. The molecule has 12 heterocycles. The third-order valence-corrected chi connectivity index (χ3v) is 27.3. The van der Waals surface area contributed by atoms with Crippen LogP contribution < -0.4 is 0 Å². The van der Waals surface area contributed by atoms with Gasteiger partial charge in [-0.25, -0.2) is 9.97 Å². The Kier molecular flexibility index (Phi) is 22.8. The molecule has 0 aliphatic carbocycles. The number of fused-ring (bicyclic) bond motifs is 12. The van der Waals surface area contributed by atoms with Gasteiger partial charge in [0.05, 0.1) is 44.5 Å². The van der Waals surface area contributed by atoms with Crippen molar-refractivity contribution in [3.63, 3.8) is 0 Å². The zero-order chi connectivity index (χ0) is 95.6. The highest BCUT2D eigenvalue weighted by Gasteiger charge is 2.24. The van der Waals surface area contributed by atoms with Gasteiger partial charge >= 0.3 is 0 Å². The van der Waals surface area contributed by atoms with Crippen LogP contribution in [0.2, 0.25) is 0 Å². The Morgan fingerprint density at radius 3 is 0.701 bits per heavy atom. The van der Waals surface area contributed by atoms with Crippen LogP contribution in [0.1, 0.15) is 0 Å². The number of aromatic nitrogens is 12. The summed E-state index contributed by atoms with van der Waals surface area (Å²) in [4.78, 5) is 56.2. The third-order valence-electron chi connectivity index (χ3n) is 27.3. The van der Waals surface area contributed by atoms with E-state index in [1.165, 1.54) is 49.0 Å². The molecule has 15 aromatic carbocycles. The third kappa shape index (κ3) is 16.6. The van der Waals surface area contributed by atoms with Crippen molar-refractivity contribution < 1.29 is 0 Å². The highest BCUT2D eigenvalue weighted by Crippen LogP contribution is 2.49. The molecule has 0 N–H and O–H groups in total. The average molecular weight is 1840 g/mol. The quantitative estimate of drug-likeness (QED) is 0.0897. The summed E-state index contributed by atoms with van der Waals surface area (Å²) in [5, 5.41) is 13.6. The van der Waals surface area contributed by atoms with Crippen molar-refractivity contribution in [2.24, 2.45) is 0 Å². The van der Waals surface area contributed by atoms with Gasteiger partial charge in [0.1, 0.15) is 0 Å². The van der Waals surface area contributed by atoms with E-state index in [0.29, 0.717) is 0 Å². The van der Waals surface area contributed by atoms with Crippen molar-refractivity contribution in [1.82, 2.24) is 59.8 Å². The van der Waals surface area contributed by atoms with Crippen LogP contribution in [0.5, 0.6) is 0 Å². The molecule has 672 valence electrons. The van der Waals surface area contributed by atoms with Gasteiger partial charge in [-0.3, -0.25) is 49.8 Å². The van der Waals surface area contributed by atoms with Gasteiger partial charge in [-0.1, -0.05) is 285 Å². The summed E-state index contributed by atoms with van der Waals surface area (Å²) in [5.41, 5.74) is 38.6. The molecule has 0 amide bonds. The van der Waals surface area contributed by atoms with E-state index in [4.69, 9.17) is 24.9 Å². The fraction of sp³-hybridized carbons (Fsp3) is 0. The summed E-state index contributed by atoms with van der Waals surface area (Å²) in [6, 6.07) is 146. The Balaban J connectivity index is 0.000000114. The van der Waals surface area contributed by atoms with Gasteiger partial charge in [0, 0.05) is 176 Å². The number of pyridine rings is 12. The lowest BCUT2D eigenvalue weighted by atomic mass is 9.88. The molecular weight excluding hydrogens is 1750 g/mol. The number of hydrogen-bond donors (Lipinski definition) is 0. The second-order valence-electron chi connectivity index (χ2n) is 35.8. The van der Waals surface area contributed by atoms with Gasteiger partial charge in [0.25, 0.3) is 0 Å². The molecular formula is C132H84N12. The smallest absolute Gasteiger partial charge is 0.0978 e. The fourth-order valence-electron chi connectivity index (χ4n) is 20.5. The largest absolute Gasteiger partial charge is 0.264 e. The molecule has 27 aromatic rings. The highest BCUT2D eigenvalue weighted by atomic mass is 14.8. The minimum Gasteiger partial charge on any atom is -0.264 e.